The minimum absolute atomic E-state index is 0.161. The van der Waals surface area contributed by atoms with Crippen LogP contribution < -0.4 is 0 Å². The van der Waals surface area contributed by atoms with Gasteiger partial charge in [-0.05, 0) is 55.5 Å². The smallest absolute Gasteiger partial charge is 0.171 e. The third-order valence-electron chi connectivity index (χ3n) is 3.91. The molecule has 1 atom stereocenters. The van der Waals surface area contributed by atoms with E-state index in [0.29, 0.717) is 0 Å². The van der Waals surface area contributed by atoms with Gasteiger partial charge in [-0.25, -0.2) is 0 Å². The molecule has 0 N–H and O–H groups in total. The van der Waals surface area contributed by atoms with E-state index in [1.807, 2.05) is 31.2 Å². The molecule has 0 saturated heterocycles. The van der Waals surface area contributed by atoms with Crippen molar-refractivity contribution in [2.24, 2.45) is 0 Å². The van der Waals surface area contributed by atoms with Crippen LogP contribution in [0.3, 0.4) is 0 Å². The van der Waals surface area contributed by atoms with Gasteiger partial charge in [0.05, 0.1) is 11.6 Å². The van der Waals surface area contributed by atoms with Gasteiger partial charge in [0.15, 0.2) is 5.78 Å². The van der Waals surface area contributed by atoms with Crippen LogP contribution in [0.15, 0.2) is 42.6 Å². The van der Waals surface area contributed by atoms with Crippen LogP contribution in [0.25, 0.3) is 0 Å². The number of hydrogen-bond acceptors (Lipinski definition) is 2. The highest BCUT2D eigenvalue weighted by Gasteiger charge is 2.20. The van der Waals surface area contributed by atoms with Crippen molar-refractivity contribution >= 4 is 5.78 Å². The molecule has 1 unspecified atom stereocenters. The number of nitrogens with zero attached hydrogens (tertiary/aromatic N) is 1. The van der Waals surface area contributed by atoms with E-state index in [0.717, 1.165) is 24.1 Å². The van der Waals surface area contributed by atoms with Gasteiger partial charge in [0, 0.05) is 11.8 Å². The maximum Gasteiger partial charge on any atom is 0.171 e. The van der Waals surface area contributed by atoms with Gasteiger partial charge in [0.25, 0.3) is 0 Å². The van der Waals surface area contributed by atoms with Gasteiger partial charge in [-0.1, -0.05) is 18.2 Å². The number of carbonyl (C=O) groups is 1. The Morgan fingerprint density at radius 1 is 1.16 bits per heavy atom. The fourth-order valence-corrected chi connectivity index (χ4v) is 2.74. The average Bonchev–Trinajstić information content (AvgIpc) is 2.94. The highest BCUT2D eigenvalue weighted by Crippen LogP contribution is 2.25. The zero-order valence-electron chi connectivity index (χ0n) is 11.1. The van der Waals surface area contributed by atoms with E-state index in [1.54, 1.807) is 6.20 Å². The lowest BCUT2D eigenvalue weighted by Gasteiger charge is -2.11. The molecule has 0 amide bonds. The molecule has 1 aromatic carbocycles. The topological polar surface area (TPSA) is 30.0 Å². The summed E-state index contributed by atoms with van der Waals surface area (Å²) in [5.41, 5.74) is 4.41. The average molecular weight is 251 g/mol. The number of rotatable bonds is 3. The molecule has 1 aromatic heterocycles. The lowest BCUT2D eigenvalue weighted by molar-refractivity contribution is 0.0964. The summed E-state index contributed by atoms with van der Waals surface area (Å²) in [7, 11) is 0. The minimum Gasteiger partial charge on any atom is -0.293 e. The molecule has 0 fully saturated rings. The van der Waals surface area contributed by atoms with Crippen LogP contribution in [0.4, 0.5) is 0 Å². The lowest BCUT2D eigenvalue weighted by atomic mass is 9.94. The van der Waals surface area contributed by atoms with Crippen molar-refractivity contribution in [3.63, 3.8) is 0 Å². The van der Waals surface area contributed by atoms with Crippen molar-refractivity contribution in [3.8, 4) is 0 Å². The molecule has 0 radical (unpaired) electrons. The van der Waals surface area contributed by atoms with Crippen LogP contribution in [0.5, 0.6) is 0 Å². The van der Waals surface area contributed by atoms with E-state index in [-0.39, 0.29) is 11.7 Å². The molecule has 19 heavy (non-hydrogen) atoms. The lowest BCUT2D eigenvalue weighted by Crippen LogP contribution is -2.11. The van der Waals surface area contributed by atoms with Gasteiger partial charge in [-0.3, -0.25) is 9.78 Å². The zero-order valence-corrected chi connectivity index (χ0v) is 11.1. The normalized spacial score (nSPS) is 15.0. The summed E-state index contributed by atoms with van der Waals surface area (Å²) in [4.78, 5) is 16.8. The number of benzene rings is 1. The number of ketones is 1. The Hall–Kier alpha value is -1.96. The summed E-state index contributed by atoms with van der Waals surface area (Å²) >= 11 is 0. The highest BCUT2D eigenvalue weighted by molar-refractivity contribution is 6.00. The summed E-state index contributed by atoms with van der Waals surface area (Å²) in [5.74, 6) is -0.0194. The Morgan fingerprint density at radius 2 is 2.00 bits per heavy atom. The van der Waals surface area contributed by atoms with Gasteiger partial charge >= 0.3 is 0 Å². The number of Topliss-reactive ketones (excluding diaryl/α,β-unsaturated/α-hetero) is 1. The molecule has 96 valence electrons. The van der Waals surface area contributed by atoms with Crippen LogP contribution >= 0.6 is 0 Å². The van der Waals surface area contributed by atoms with Crippen molar-refractivity contribution < 1.29 is 4.79 Å². The number of fused-ring (bicyclic) bond motifs is 1. The maximum atomic E-state index is 12.5. The van der Waals surface area contributed by atoms with Gasteiger partial charge in [-0.2, -0.15) is 0 Å². The molecule has 1 aliphatic carbocycles. The minimum atomic E-state index is -0.180. The third kappa shape index (κ3) is 2.30. The number of hydrogen-bond donors (Lipinski definition) is 0. The standard InChI is InChI=1S/C17H17NO/c1-12(16-7-2-3-10-18-16)17(19)15-9-8-13-5-4-6-14(13)11-15/h2-3,7-12H,4-6H2,1H3. The molecule has 1 aliphatic rings. The molecule has 1 heterocycles. The van der Waals surface area contributed by atoms with E-state index >= 15 is 0 Å². The molecule has 2 aromatic rings. The second-order valence-electron chi connectivity index (χ2n) is 5.18. The fraction of sp³-hybridized carbons (Fsp3) is 0.294. The number of aryl methyl sites for hydroxylation is 2. The summed E-state index contributed by atoms with van der Waals surface area (Å²) < 4.78 is 0. The Morgan fingerprint density at radius 3 is 2.79 bits per heavy atom. The summed E-state index contributed by atoms with van der Waals surface area (Å²) in [6.07, 6.45) is 5.21. The van der Waals surface area contributed by atoms with Gasteiger partial charge in [0.1, 0.15) is 0 Å². The molecule has 2 nitrogen and oxygen atoms in total. The van der Waals surface area contributed by atoms with E-state index < -0.39 is 0 Å². The third-order valence-corrected chi connectivity index (χ3v) is 3.91. The van der Waals surface area contributed by atoms with Crippen molar-refractivity contribution in [3.05, 3.63) is 65.0 Å². The molecular weight excluding hydrogens is 234 g/mol. The van der Waals surface area contributed by atoms with E-state index in [4.69, 9.17) is 0 Å². The second-order valence-corrected chi connectivity index (χ2v) is 5.18. The first-order valence-electron chi connectivity index (χ1n) is 6.82. The molecule has 0 bridgehead atoms. The molecular formula is C17H17NO. The van der Waals surface area contributed by atoms with Crippen LogP contribution in [0, 0.1) is 0 Å². The fourth-order valence-electron chi connectivity index (χ4n) is 2.74. The Balaban J connectivity index is 1.88. The number of carbonyl (C=O) groups excluding carboxylic acids is 1. The van der Waals surface area contributed by atoms with Crippen LogP contribution in [0.1, 0.15) is 46.4 Å². The van der Waals surface area contributed by atoms with Gasteiger partial charge in [-0.15, -0.1) is 0 Å². The highest BCUT2D eigenvalue weighted by atomic mass is 16.1. The van der Waals surface area contributed by atoms with Gasteiger partial charge < -0.3 is 0 Å². The zero-order chi connectivity index (χ0) is 13.2. The predicted molar refractivity (Wildman–Crippen MR) is 75.4 cm³/mol. The SMILES string of the molecule is CC(C(=O)c1ccc2c(c1)CCC2)c1ccccn1. The molecule has 0 saturated carbocycles. The quantitative estimate of drug-likeness (QED) is 0.781. The summed E-state index contributed by atoms with van der Waals surface area (Å²) in [6.45, 7) is 1.93. The second kappa shape index (κ2) is 4.96. The Bertz CT molecular complexity index is 604. The molecule has 3 rings (SSSR count). The summed E-state index contributed by atoms with van der Waals surface area (Å²) in [5, 5.41) is 0. The van der Waals surface area contributed by atoms with Crippen LogP contribution in [0.2, 0.25) is 0 Å². The van der Waals surface area contributed by atoms with Crippen LogP contribution in [-0.2, 0) is 12.8 Å². The molecule has 0 aliphatic heterocycles. The Labute approximate surface area is 113 Å². The van der Waals surface area contributed by atoms with Crippen molar-refractivity contribution in [2.75, 3.05) is 0 Å². The van der Waals surface area contributed by atoms with Crippen molar-refractivity contribution in [1.82, 2.24) is 4.98 Å². The summed E-state index contributed by atoms with van der Waals surface area (Å²) in [6, 6.07) is 11.9. The Kier molecular flexibility index (Phi) is 3.16. The number of aromatic nitrogens is 1. The first kappa shape index (κ1) is 12.1. The molecule has 2 heteroatoms. The largest absolute Gasteiger partial charge is 0.293 e. The van der Waals surface area contributed by atoms with E-state index in [9.17, 15) is 4.79 Å². The van der Waals surface area contributed by atoms with Crippen LogP contribution in [-0.4, -0.2) is 10.8 Å². The number of pyridine rings is 1. The maximum absolute atomic E-state index is 12.5. The molecule has 0 spiro atoms. The monoisotopic (exact) mass is 251 g/mol. The first-order valence-corrected chi connectivity index (χ1v) is 6.82. The van der Waals surface area contributed by atoms with E-state index in [2.05, 4.69) is 17.1 Å². The predicted octanol–water partition coefficient (Wildman–Crippen LogP) is 3.56. The van der Waals surface area contributed by atoms with Gasteiger partial charge in [0.2, 0.25) is 0 Å². The first-order chi connectivity index (χ1) is 9.25. The van der Waals surface area contributed by atoms with Crippen molar-refractivity contribution in [1.29, 1.82) is 0 Å². The van der Waals surface area contributed by atoms with Crippen molar-refractivity contribution in [2.45, 2.75) is 32.1 Å². The van der Waals surface area contributed by atoms with E-state index in [1.165, 1.54) is 17.5 Å².